The number of carbonyl (C=O) groups is 3. The van der Waals surface area contributed by atoms with E-state index in [1.54, 1.807) is 38.5 Å². The minimum atomic E-state index is -0.890. The highest BCUT2D eigenvalue weighted by Crippen LogP contribution is 2.37. The number of methoxy groups -OCH3 is 1. The average molecular weight is 551 g/mol. The van der Waals surface area contributed by atoms with E-state index in [9.17, 15) is 24.3 Å². The number of aliphatic hydroxyl groups is 1. The third-order valence-electron chi connectivity index (χ3n) is 6.77. The van der Waals surface area contributed by atoms with E-state index in [-0.39, 0.29) is 42.6 Å². The summed E-state index contributed by atoms with van der Waals surface area (Å²) in [5, 5.41) is 13.2. The molecule has 0 radical (unpaired) electrons. The summed E-state index contributed by atoms with van der Waals surface area (Å²) in [7, 11) is 4.48. The van der Waals surface area contributed by atoms with E-state index < -0.39 is 18.2 Å². The highest BCUT2D eigenvalue weighted by molar-refractivity contribution is 5.94. The van der Waals surface area contributed by atoms with Crippen LogP contribution in [0.1, 0.15) is 49.5 Å². The standard InChI is InChI=1S/C30H38N4O6/c1-19(2)28(37)23-12-8-10-20-16-22(31-27(20)23)18-34-15-9-11-21(29(34)38)17-25(35)24(32-30(39)40-5)13-6-7-14-26(36)33(3)4/h7-12,14-15,19,24,28,37H,6,13,16-18H2,1-5H3,(H,32,39)/b14-7+/t24-,28?/m0/s1. The molecular formula is C30H38N4O6. The van der Waals surface area contributed by atoms with Gasteiger partial charge in [0.25, 0.3) is 5.56 Å². The molecule has 1 aromatic carbocycles. The summed E-state index contributed by atoms with van der Waals surface area (Å²) in [6.45, 7) is 4.15. The smallest absolute Gasteiger partial charge is 0.407 e. The molecule has 214 valence electrons. The summed E-state index contributed by atoms with van der Waals surface area (Å²) >= 11 is 0. The van der Waals surface area contributed by atoms with Gasteiger partial charge < -0.3 is 24.6 Å². The molecule has 0 saturated heterocycles. The van der Waals surface area contributed by atoms with Gasteiger partial charge >= 0.3 is 6.09 Å². The zero-order chi connectivity index (χ0) is 29.4. The van der Waals surface area contributed by atoms with Crippen LogP contribution in [0.5, 0.6) is 0 Å². The number of alkyl carbamates (subject to hydrolysis) is 1. The number of likely N-dealkylation sites (N-methyl/N-ethyl adjacent to an activating group) is 1. The van der Waals surface area contributed by atoms with Crippen molar-refractivity contribution in [3.63, 3.8) is 0 Å². The number of ketones is 1. The van der Waals surface area contributed by atoms with Crippen molar-refractivity contribution in [2.24, 2.45) is 10.9 Å². The number of pyridine rings is 1. The van der Waals surface area contributed by atoms with Crippen molar-refractivity contribution in [1.29, 1.82) is 0 Å². The Morgan fingerprint density at radius 3 is 2.62 bits per heavy atom. The van der Waals surface area contributed by atoms with Gasteiger partial charge in [0.15, 0.2) is 5.78 Å². The Hall–Kier alpha value is -4.05. The zero-order valence-corrected chi connectivity index (χ0v) is 23.7. The zero-order valence-electron chi connectivity index (χ0n) is 23.7. The van der Waals surface area contributed by atoms with Gasteiger partial charge in [0.05, 0.1) is 31.5 Å². The maximum absolute atomic E-state index is 13.3. The number of aliphatic imine (C=N–C) groups is 1. The fourth-order valence-electron chi connectivity index (χ4n) is 4.46. The molecule has 1 aliphatic heterocycles. The summed E-state index contributed by atoms with van der Waals surface area (Å²) in [5.74, 6) is -0.488. The molecule has 3 rings (SSSR count). The number of aliphatic hydroxyl groups excluding tert-OH is 1. The summed E-state index contributed by atoms with van der Waals surface area (Å²) in [6.07, 6.45) is 4.32. The predicted molar refractivity (Wildman–Crippen MR) is 153 cm³/mol. The van der Waals surface area contributed by atoms with Gasteiger partial charge in [-0.05, 0) is 36.5 Å². The number of para-hydroxylation sites is 1. The van der Waals surface area contributed by atoms with E-state index in [0.717, 1.165) is 22.5 Å². The van der Waals surface area contributed by atoms with Crippen molar-refractivity contribution >= 4 is 29.2 Å². The normalized spacial score (nSPS) is 14.0. The van der Waals surface area contributed by atoms with E-state index in [1.807, 2.05) is 32.0 Å². The topological polar surface area (TPSA) is 130 Å². The molecule has 0 spiro atoms. The molecule has 1 aliphatic rings. The van der Waals surface area contributed by atoms with Crippen LogP contribution in [0.4, 0.5) is 10.5 Å². The minimum Gasteiger partial charge on any atom is -0.453 e. The van der Waals surface area contributed by atoms with Crippen LogP contribution in [-0.2, 0) is 33.7 Å². The van der Waals surface area contributed by atoms with Crippen LogP contribution in [0, 0.1) is 5.92 Å². The van der Waals surface area contributed by atoms with Crippen molar-refractivity contribution in [1.82, 2.24) is 14.8 Å². The Kier molecular flexibility index (Phi) is 10.6. The van der Waals surface area contributed by atoms with E-state index in [1.165, 1.54) is 22.7 Å². The molecule has 0 bridgehead atoms. The Labute approximate surface area is 234 Å². The number of amides is 2. The Balaban J connectivity index is 1.74. The van der Waals surface area contributed by atoms with Gasteiger partial charge in [-0.15, -0.1) is 0 Å². The molecule has 10 nitrogen and oxygen atoms in total. The van der Waals surface area contributed by atoms with Crippen LogP contribution >= 0.6 is 0 Å². The number of rotatable bonds is 12. The molecular weight excluding hydrogens is 512 g/mol. The summed E-state index contributed by atoms with van der Waals surface area (Å²) in [5.41, 5.74) is 3.31. The fourth-order valence-corrected chi connectivity index (χ4v) is 4.46. The van der Waals surface area contributed by atoms with Crippen LogP contribution in [0.2, 0.25) is 0 Å². The van der Waals surface area contributed by atoms with Gasteiger partial charge in [0.1, 0.15) is 0 Å². The van der Waals surface area contributed by atoms with Crippen molar-refractivity contribution < 1.29 is 24.2 Å². The highest BCUT2D eigenvalue weighted by Gasteiger charge is 2.24. The summed E-state index contributed by atoms with van der Waals surface area (Å²) in [4.78, 5) is 56.2. The number of nitrogens with zero attached hydrogens (tertiary/aromatic N) is 3. The molecule has 2 amide bonds. The molecule has 0 fully saturated rings. The SMILES string of the molecule is COC(=O)N[C@@H](CC/C=C/C(=O)N(C)C)C(=O)Cc1cccn(CC2=Nc3c(cccc3C(O)C(C)C)C2)c1=O. The van der Waals surface area contributed by atoms with Crippen molar-refractivity contribution in [2.45, 2.75) is 58.2 Å². The predicted octanol–water partition coefficient (Wildman–Crippen LogP) is 3.13. The van der Waals surface area contributed by atoms with Crippen molar-refractivity contribution in [3.8, 4) is 0 Å². The Bertz CT molecular complexity index is 1360. The number of nitrogens with one attached hydrogen (secondary N) is 1. The van der Waals surface area contributed by atoms with E-state index >= 15 is 0 Å². The number of fused-ring (bicyclic) bond motifs is 1. The third kappa shape index (κ3) is 7.75. The molecule has 2 atom stereocenters. The third-order valence-corrected chi connectivity index (χ3v) is 6.77. The van der Waals surface area contributed by atoms with Crippen molar-refractivity contribution in [2.75, 3.05) is 21.2 Å². The molecule has 2 aromatic rings. The number of aromatic nitrogens is 1. The minimum absolute atomic E-state index is 0.0386. The highest BCUT2D eigenvalue weighted by atomic mass is 16.5. The molecule has 1 aromatic heterocycles. The van der Waals surface area contributed by atoms with Crippen LogP contribution < -0.4 is 10.9 Å². The molecule has 0 aliphatic carbocycles. The first-order chi connectivity index (χ1) is 19.0. The lowest BCUT2D eigenvalue weighted by molar-refractivity contribution is -0.123. The first kappa shape index (κ1) is 30.5. The molecule has 10 heteroatoms. The molecule has 2 heterocycles. The molecule has 40 heavy (non-hydrogen) atoms. The van der Waals surface area contributed by atoms with Gasteiger partial charge in [-0.25, -0.2) is 4.79 Å². The number of ether oxygens (including phenoxy) is 1. The number of benzene rings is 1. The maximum Gasteiger partial charge on any atom is 0.407 e. The first-order valence-corrected chi connectivity index (χ1v) is 13.3. The monoisotopic (exact) mass is 550 g/mol. The van der Waals surface area contributed by atoms with Crippen LogP contribution in [0.15, 0.2) is 58.5 Å². The van der Waals surface area contributed by atoms with E-state index in [0.29, 0.717) is 18.4 Å². The van der Waals surface area contributed by atoms with Crippen LogP contribution in [0.25, 0.3) is 0 Å². The van der Waals surface area contributed by atoms with Crippen LogP contribution in [-0.4, -0.2) is 65.3 Å². The second-order valence-electron chi connectivity index (χ2n) is 10.4. The largest absolute Gasteiger partial charge is 0.453 e. The van der Waals surface area contributed by atoms with Gasteiger partial charge in [-0.2, -0.15) is 0 Å². The average Bonchev–Trinajstić information content (AvgIpc) is 3.34. The molecule has 1 unspecified atom stereocenters. The number of hydrogen-bond acceptors (Lipinski definition) is 7. The second-order valence-corrected chi connectivity index (χ2v) is 10.4. The van der Waals surface area contributed by atoms with E-state index in [4.69, 9.17) is 4.99 Å². The number of hydrogen-bond donors (Lipinski definition) is 2. The Morgan fingerprint density at radius 2 is 1.95 bits per heavy atom. The quantitative estimate of drug-likeness (QED) is 0.391. The second kappa shape index (κ2) is 13.8. The summed E-state index contributed by atoms with van der Waals surface area (Å²) in [6, 6.07) is 8.18. The number of Topliss-reactive ketones (excluding diaryl/α,β-unsaturated/α-hetero) is 1. The van der Waals surface area contributed by atoms with Gasteiger partial charge in [-0.3, -0.25) is 19.4 Å². The maximum atomic E-state index is 13.3. The van der Waals surface area contributed by atoms with E-state index in [2.05, 4.69) is 10.1 Å². The van der Waals surface area contributed by atoms with Crippen molar-refractivity contribution in [3.05, 3.63) is 75.7 Å². The molecule has 0 saturated carbocycles. The van der Waals surface area contributed by atoms with Crippen LogP contribution in [0.3, 0.4) is 0 Å². The first-order valence-electron chi connectivity index (χ1n) is 13.3. The lowest BCUT2D eigenvalue weighted by atomic mass is 9.95. The lowest BCUT2D eigenvalue weighted by Gasteiger charge is -2.17. The molecule has 2 N–H and O–H groups in total. The fraction of sp³-hybridized carbons (Fsp3) is 0.433. The summed E-state index contributed by atoms with van der Waals surface area (Å²) < 4.78 is 6.18. The van der Waals surface area contributed by atoms with Gasteiger partial charge in [0, 0.05) is 50.0 Å². The number of carbonyl (C=O) groups excluding carboxylic acids is 3. The number of allylic oxidation sites excluding steroid dienone is 1. The Morgan fingerprint density at radius 1 is 1.20 bits per heavy atom. The van der Waals surface area contributed by atoms with Gasteiger partial charge in [0.2, 0.25) is 5.91 Å². The van der Waals surface area contributed by atoms with Gasteiger partial charge in [-0.1, -0.05) is 44.2 Å². The lowest BCUT2D eigenvalue weighted by Crippen LogP contribution is -2.42.